The highest BCUT2D eigenvalue weighted by Gasteiger charge is 2.20. The summed E-state index contributed by atoms with van der Waals surface area (Å²) in [6.45, 7) is 0.834. The fourth-order valence-electron chi connectivity index (χ4n) is 3.20. The zero-order chi connectivity index (χ0) is 15.8. The van der Waals surface area contributed by atoms with Gasteiger partial charge in [0.25, 0.3) is 0 Å². The molecule has 2 heterocycles. The normalized spacial score (nSPS) is 12.7. The van der Waals surface area contributed by atoms with Crippen molar-refractivity contribution in [3.63, 3.8) is 0 Å². The highest BCUT2D eigenvalue weighted by Crippen LogP contribution is 2.36. The number of aromatic nitrogens is 1. The number of aryl methyl sites for hydroxylation is 1. The van der Waals surface area contributed by atoms with Crippen LogP contribution in [0.5, 0.6) is 0 Å². The van der Waals surface area contributed by atoms with Gasteiger partial charge in [0, 0.05) is 29.4 Å². The molecule has 24 heavy (non-hydrogen) atoms. The maximum absolute atomic E-state index is 6.23. The van der Waals surface area contributed by atoms with Crippen LogP contribution in [0.1, 0.15) is 16.7 Å². The van der Waals surface area contributed by atoms with E-state index in [1.54, 1.807) is 0 Å². The lowest BCUT2D eigenvalue weighted by atomic mass is 10.0. The lowest BCUT2D eigenvalue weighted by molar-refractivity contribution is -0.671. The minimum atomic E-state index is 0. The molecule has 122 valence electrons. The minimum absolute atomic E-state index is 0. The van der Waals surface area contributed by atoms with Gasteiger partial charge >= 0.3 is 0 Å². The van der Waals surface area contributed by atoms with E-state index >= 15 is 0 Å². The van der Waals surface area contributed by atoms with Gasteiger partial charge in [-0.3, -0.25) is 0 Å². The predicted molar refractivity (Wildman–Crippen MR) is 94.2 cm³/mol. The molecule has 0 amide bonds. The van der Waals surface area contributed by atoms with E-state index in [0.29, 0.717) is 0 Å². The fraction of sp³-hybridized carbons (Fsp3) is 0.150. The summed E-state index contributed by atoms with van der Waals surface area (Å²) in [4.78, 5) is 2.37. The molecule has 2 aromatic carbocycles. The molecule has 0 saturated heterocycles. The molecule has 0 saturated carbocycles. The Morgan fingerprint density at radius 1 is 0.917 bits per heavy atom. The van der Waals surface area contributed by atoms with Crippen molar-refractivity contribution in [3.8, 4) is 0 Å². The summed E-state index contributed by atoms with van der Waals surface area (Å²) in [6, 6.07) is 19.2. The molecule has 0 unspecified atom stereocenters. The number of para-hydroxylation sites is 1. The van der Waals surface area contributed by atoms with Crippen molar-refractivity contribution in [2.24, 2.45) is 7.05 Å². The summed E-state index contributed by atoms with van der Waals surface area (Å²) < 4.78 is 2.05. The summed E-state index contributed by atoms with van der Waals surface area (Å²) in [5.74, 6) is 0. The van der Waals surface area contributed by atoms with Crippen LogP contribution in [-0.4, -0.2) is 0 Å². The highest BCUT2D eigenvalue weighted by molar-refractivity contribution is 6.30. The van der Waals surface area contributed by atoms with Crippen LogP contribution in [0, 0.1) is 0 Å². The van der Waals surface area contributed by atoms with Crippen molar-refractivity contribution in [3.05, 3.63) is 88.7 Å². The molecule has 0 fully saturated rings. The first-order valence-electron chi connectivity index (χ1n) is 7.79. The number of hydrogen-bond acceptors (Lipinski definition) is 1. The number of nitrogens with zero attached hydrogens (tertiary/aromatic N) is 2. The Morgan fingerprint density at radius 2 is 1.67 bits per heavy atom. The van der Waals surface area contributed by atoms with E-state index in [9.17, 15) is 0 Å². The van der Waals surface area contributed by atoms with Crippen LogP contribution >= 0.6 is 11.6 Å². The molecule has 4 heteroatoms. The van der Waals surface area contributed by atoms with Gasteiger partial charge in [-0.15, -0.1) is 0 Å². The summed E-state index contributed by atoms with van der Waals surface area (Å²) in [7, 11) is 2.04. The maximum atomic E-state index is 6.23. The Morgan fingerprint density at radius 3 is 2.46 bits per heavy atom. The molecule has 0 radical (unpaired) electrons. The lowest BCUT2D eigenvalue weighted by Gasteiger charge is -2.25. The second-order valence-electron chi connectivity index (χ2n) is 6.03. The second-order valence-corrected chi connectivity index (χ2v) is 6.46. The number of hydrogen-bond donors (Lipinski definition) is 0. The Bertz CT molecular complexity index is 862. The zero-order valence-corrected chi connectivity index (χ0v) is 16.3. The third kappa shape index (κ3) is 3.28. The number of pyridine rings is 1. The van der Waals surface area contributed by atoms with E-state index in [2.05, 4.69) is 70.4 Å². The van der Waals surface area contributed by atoms with Crippen molar-refractivity contribution < 1.29 is 28.5 Å². The van der Waals surface area contributed by atoms with Crippen LogP contribution in [-0.2, 0) is 20.0 Å². The largest absolute Gasteiger partial charge is 1.00 e. The van der Waals surface area contributed by atoms with Crippen LogP contribution < -0.4 is 33.4 Å². The summed E-state index contributed by atoms with van der Waals surface area (Å²) in [6.07, 6.45) is 5.11. The molecule has 0 bridgehead atoms. The summed E-state index contributed by atoms with van der Waals surface area (Å²) in [5, 5.41) is 0.800. The Balaban J connectivity index is 0.00000169. The molecular weight excluding hydrogens is 431 g/mol. The second kappa shape index (κ2) is 7.11. The molecule has 1 aliphatic heterocycles. The third-order valence-electron chi connectivity index (χ3n) is 4.43. The molecular formula is C20H18ClIN2. The van der Waals surface area contributed by atoms with Crippen LogP contribution in [0.4, 0.5) is 11.4 Å². The first-order chi connectivity index (χ1) is 11.2. The zero-order valence-electron chi connectivity index (χ0n) is 13.4. The van der Waals surface area contributed by atoms with Gasteiger partial charge in [-0.2, -0.15) is 0 Å². The molecule has 0 atom stereocenters. The molecule has 0 aliphatic carbocycles. The summed E-state index contributed by atoms with van der Waals surface area (Å²) in [5.41, 5.74) is 6.46. The SMILES string of the molecule is C[n+]1ccc(N2Cc3cc(Cl)ccc3Cc3ccccc32)cc1.[I-]. The predicted octanol–water partition coefficient (Wildman–Crippen LogP) is 1.41. The summed E-state index contributed by atoms with van der Waals surface area (Å²) >= 11 is 6.23. The Hall–Kier alpha value is -1.59. The quantitative estimate of drug-likeness (QED) is 0.403. The van der Waals surface area contributed by atoms with E-state index in [0.717, 1.165) is 18.0 Å². The van der Waals surface area contributed by atoms with Crippen molar-refractivity contribution in [1.29, 1.82) is 0 Å². The fourth-order valence-corrected chi connectivity index (χ4v) is 3.40. The van der Waals surface area contributed by atoms with Crippen LogP contribution in [0.2, 0.25) is 5.02 Å². The number of rotatable bonds is 1. The molecule has 1 aromatic heterocycles. The van der Waals surface area contributed by atoms with E-state index in [-0.39, 0.29) is 24.0 Å². The van der Waals surface area contributed by atoms with Gasteiger partial charge in [0.1, 0.15) is 7.05 Å². The van der Waals surface area contributed by atoms with Crippen molar-refractivity contribution in [1.82, 2.24) is 0 Å². The molecule has 4 rings (SSSR count). The highest BCUT2D eigenvalue weighted by atomic mass is 127. The maximum Gasteiger partial charge on any atom is 0.170 e. The molecule has 2 nitrogen and oxygen atoms in total. The third-order valence-corrected chi connectivity index (χ3v) is 4.67. The number of halogens is 2. The van der Waals surface area contributed by atoms with Crippen molar-refractivity contribution in [2.45, 2.75) is 13.0 Å². The average Bonchev–Trinajstić information content (AvgIpc) is 2.72. The smallest absolute Gasteiger partial charge is 0.170 e. The van der Waals surface area contributed by atoms with Crippen LogP contribution in [0.25, 0.3) is 0 Å². The van der Waals surface area contributed by atoms with E-state index < -0.39 is 0 Å². The lowest BCUT2D eigenvalue weighted by Crippen LogP contribution is -3.00. The Labute approximate surface area is 164 Å². The van der Waals surface area contributed by atoms with Gasteiger partial charge in [-0.25, -0.2) is 4.57 Å². The first kappa shape index (κ1) is 17.2. The Kier molecular flexibility index (Phi) is 5.11. The van der Waals surface area contributed by atoms with E-state index in [1.807, 2.05) is 13.1 Å². The van der Waals surface area contributed by atoms with Gasteiger partial charge in [0.2, 0.25) is 0 Å². The van der Waals surface area contributed by atoms with Crippen LogP contribution in [0.15, 0.2) is 67.0 Å². The molecule has 1 aliphatic rings. The van der Waals surface area contributed by atoms with Gasteiger partial charge < -0.3 is 28.9 Å². The van der Waals surface area contributed by atoms with E-state index in [1.165, 1.54) is 28.1 Å². The number of fused-ring (bicyclic) bond motifs is 2. The average molecular weight is 449 g/mol. The van der Waals surface area contributed by atoms with Gasteiger partial charge in [-0.05, 0) is 41.3 Å². The van der Waals surface area contributed by atoms with Gasteiger partial charge in [-0.1, -0.05) is 35.9 Å². The van der Waals surface area contributed by atoms with Crippen molar-refractivity contribution >= 4 is 23.0 Å². The topological polar surface area (TPSA) is 7.12 Å². The minimum Gasteiger partial charge on any atom is -1.00 e. The monoisotopic (exact) mass is 448 g/mol. The molecule has 0 spiro atoms. The first-order valence-corrected chi connectivity index (χ1v) is 8.16. The number of anilines is 2. The van der Waals surface area contributed by atoms with Gasteiger partial charge in [0.15, 0.2) is 12.4 Å². The van der Waals surface area contributed by atoms with E-state index in [4.69, 9.17) is 11.6 Å². The molecule has 3 aromatic rings. The van der Waals surface area contributed by atoms with Crippen molar-refractivity contribution in [2.75, 3.05) is 4.90 Å². The number of benzene rings is 2. The van der Waals surface area contributed by atoms with Crippen LogP contribution in [0.3, 0.4) is 0 Å². The molecule has 0 N–H and O–H groups in total. The standard InChI is InChI=1S/C20H18ClN2.HI/c1-22-10-8-19(9-11-22)23-14-17-13-18(21)7-6-15(17)12-16-4-2-3-5-20(16)23;/h2-11,13H,12,14H2,1H3;1H/q+1;/p-1. The van der Waals surface area contributed by atoms with Gasteiger partial charge in [0.05, 0.1) is 5.69 Å².